The fraction of sp³-hybridized carbons (Fsp3) is 0.333. The number of nitrogens with two attached hydrogens (primary N) is 1. The zero-order valence-electron chi connectivity index (χ0n) is 7.74. The third-order valence-electron chi connectivity index (χ3n) is 1.79. The summed E-state index contributed by atoms with van der Waals surface area (Å²) in [6, 6.07) is 3.25. The molecule has 0 aliphatic carbocycles. The third-order valence-corrected chi connectivity index (χ3v) is 2.26. The van der Waals surface area contributed by atoms with Crippen molar-refractivity contribution in [2.75, 3.05) is 7.11 Å². The maximum Gasteiger partial charge on any atom is 0.307 e. The van der Waals surface area contributed by atoms with Crippen LogP contribution in [0.1, 0.15) is 18.0 Å². The van der Waals surface area contributed by atoms with E-state index < -0.39 is 0 Å². The van der Waals surface area contributed by atoms with E-state index in [1.807, 2.05) is 6.07 Å². The molecule has 1 rings (SSSR count). The second-order valence-corrected chi connectivity index (χ2v) is 3.61. The summed E-state index contributed by atoms with van der Waals surface area (Å²) in [6.07, 6.45) is 1.80. The van der Waals surface area contributed by atoms with Gasteiger partial charge in [0.25, 0.3) is 0 Å². The van der Waals surface area contributed by atoms with Gasteiger partial charge in [-0.15, -0.1) is 0 Å². The van der Waals surface area contributed by atoms with Gasteiger partial charge in [-0.3, -0.25) is 4.79 Å². The topological polar surface area (TPSA) is 65.2 Å². The van der Waals surface area contributed by atoms with Gasteiger partial charge in [-0.25, -0.2) is 4.98 Å². The molecule has 0 fully saturated rings. The Morgan fingerprint density at radius 3 is 2.93 bits per heavy atom. The van der Waals surface area contributed by atoms with Crippen LogP contribution in [0.15, 0.2) is 22.9 Å². The van der Waals surface area contributed by atoms with Crippen molar-refractivity contribution in [2.24, 2.45) is 5.73 Å². The molecule has 76 valence electrons. The van der Waals surface area contributed by atoms with Gasteiger partial charge in [-0.05, 0) is 27.6 Å². The molecule has 0 bridgehead atoms. The van der Waals surface area contributed by atoms with Gasteiger partial charge < -0.3 is 10.5 Å². The van der Waals surface area contributed by atoms with E-state index >= 15 is 0 Å². The predicted molar refractivity (Wildman–Crippen MR) is 55.5 cm³/mol. The molecule has 0 radical (unpaired) electrons. The monoisotopic (exact) mass is 258 g/mol. The lowest BCUT2D eigenvalue weighted by molar-refractivity contribution is -0.141. The van der Waals surface area contributed by atoms with Crippen LogP contribution in [0.5, 0.6) is 0 Å². The molecule has 2 N–H and O–H groups in total. The molecule has 0 unspecified atom stereocenters. The summed E-state index contributed by atoms with van der Waals surface area (Å²) < 4.78 is 5.26. The van der Waals surface area contributed by atoms with Crippen LogP contribution >= 0.6 is 15.9 Å². The molecule has 1 aromatic heterocycles. The summed E-state index contributed by atoms with van der Waals surface area (Å²) in [5.74, 6) is -0.319. The molecule has 0 spiro atoms. The first-order valence-corrected chi connectivity index (χ1v) is 4.86. The number of ether oxygens (including phenoxy) is 1. The average molecular weight is 259 g/mol. The maximum atomic E-state index is 10.9. The van der Waals surface area contributed by atoms with Crippen LogP contribution in [0.4, 0.5) is 0 Å². The second-order valence-electron chi connectivity index (χ2n) is 2.80. The molecule has 0 amide bonds. The zero-order valence-corrected chi connectivity index (χ0v) is 9.32. The second kappa shape index (κ2) is 5.07. The lowest BCUT2D eigenvalue weighted by atomic mass is 10.1. The highest BCUT2D eigenvalue weighted by atomic mass is 79.9. The molecule has 1 atom stereocenters. The third kappa shape index (κ3) is 3.08. The van der Waals surface area contributed by atoms with Crippen LogP contribution < -0.4 is 5.73 Å². The smallest absolute Gasteiger partial charge is 0.307 e. The Kier molecular flexibility index (Phi) is 4.03. The molecule has 14 heavy (non-hydrogen) atoms. The summed E-state index contributed by atoms with van der Waals surface area (Å²) in [7, 11) is 1.34. The minimum atomic E-state index is -0.358. The largest absolute Gasteiger partial charge is 0.469 e. The van der Waals surface area contributed by atoms with Crippen LogP contribution in [0.3, 0.4) is 0 Å². The molecule has 1 aromatic rings. The molecular formula is C9H11BrN2O2. The number of rotatable bonds is 3. The van der Waals surface area contributed by atoms with E-state index in [1.54, 1.807) is 12.3 Å². The van der Waals surface area contributed by atoms with E-state index in [0.29, 0.717) is 0 Å². The summed E-state index contributed by atoms with van der Waals surface area (Å²) in [5.41, 5.74) is 6.58. The van der Waals surface area contributed by atoms with E-state index in [4.69, 9.17) is 5.73 Å². The standard InChI is InChI=1S/C9H11BrN2O2/c1-14-9(13)4-7(11)6-2-3-8(10)12-5-6/h2-3,5,7H,4,11H2,1H3/t7-/m1/s1. The predicted octanol–water partition coefficient (Wildman–Crippen LogP) is 1.41. The van der Waals surface area contributed by atoms with Crippen molar-refractivity contribution in [1.29, 1.82) is 0 Å². The van der Waals surface area contributed by atoms with Gasteiger partial charge in [0.2, 0.25) is 0 Å². The van der Waals surface area contributed by atoms with Crippen LogP contribution in [0, 0.1) is 0 Å². The Bertz CT molecular complexity index is 313. The summed E-state index contributed by atoms with van der Waals surface area (Å²) in [6.45, 7) is 0. The lowest BCUT2D eigenvalue weighted by Gasteiger charge is -2.09. The molecule has 0 saturated carbocycles. The number of esters is 1. The number of hydrogen-bond donors (Lipinski definition) is 1. The number of aromatic nitrogens is 1. The highest BCUT2D eigenvalue weighted by Gasteiger charge is 2.11. The van der Waals surface area contributed by atoms with Crippen molar-refractivity contribution in [3.63, 3.8) is 0 Å². The SMILES string of the molecule is COC(=O)C[C@@H](N)c1ccc(Br)nc1. The summed E-state index contributed by atoms with van der Waals surface area (Å²) >= 11 is 3.22. The molecule has 0 aliphatic rings. The Morgan fingerprint density at radius 1 is 1.71 bits per heavy atom. The minimum Gasteiger partial charge on any atom is -0.469 e. The number of halogens is 1. The number of nitrogens with zero attached hydrogens (tertiary/aromatic N) is 1. The van der Waals surface area contributed by atoms with Crippen LogP contribution in [0.2, 0.25) is 0 Å². The van der Waals surface area contributed by atoms with E-state index in [-0.39, 0.29) is 18.4 Å². The van der Waals surface area contributed by atoms with Crippen LogP contribution in [0.25, 0.3) is 0 Å². The van der Waals surface area contributed by atoms with Crippen molar-refractivity contribution >= 4 is 21.9 Å². The average Bonchev–Trinajstić information content (AvgIpc) is 2.18. The fourth-order valence-electron chi connectivity index (χ4n) is 0.987. The first-order chi connectivity index (χ1) is 6.63. The Balaban J connectivity index is 2.65. The number of methoxy groups -OCH3 is 1. The number of pyridine rings is 1. The Morgan fingerprint density at radius 2 is 2.43 bits per heavy atom. The quantitative estimate of drug-likeness (QED) is 0.658. The van der Waals surface area contributed by atoms with Gasteiger partial charge >= 0.3 is 5.97 Å². The first kappa shape index (κ1) is 11.1. The minimum absolute atomic E-state index is 0.166. The van der Waals surface area contributed by atoms with Gasteiger partial charge in [-0.1, -0.05) is 6.07 Å². The Hall–Kier alpha value is -0.940. The van der Waals surface area contributed by atoms with Crippen molar-refractivity contribution in [3.8, 4) is 0 Å². The Labute approximate surface area is 90.6 Å². The van der Waals surface area contributed by atoms with Gasteiger partial charge in [0.05, 0.1) is 13.5 Å². The van der Waals surface area contributed by atoms with Crippen LogP contribution in [-0.2, 0) is 9.53 Å². The van der Waals surface area contributed by atoms with Gasteiger partial charge in [0.1, 0.15) is 4.60 Å². The van der Waals surface area contributed by atoms with Crippen molar-refractivity contribution in [3.05, 3.63) is 28.5 Å². The number of hydrogen-bond acceptors (Lipinski definition) is 4. The normalized spacial score (nSPS) is 12.2. The van der Waals surface area contributed by atoms with E-state index in [9.17, 15) is 4.79 Å². The first-order valence-electron chi connectivity index (χ1n) is 4.07. The van der Waals surface area contributed by atoms with Crippen LogP contribution in [-0.4, -0.2) is 18.1 Å². The lowest BCUT2D eigenvalue weighted by Crippen LogP contribution is -2.16. The summed E-state index contributed by atoms with van der Waals surface area (Å²) in [4.78, 5) is 14.9. The molecule has 5 heteroatoms. The van der Waals surface area contributed by atoms with Crippen molar-refractivity contribution in [2.45, 2.75) is 12.5 Å². The fourth-order valence-corrected chi connectivity index (χ4v) is 1.22. The van der Waals surface area contributed by atoms with Gasteiger partial charge in [0, 0.05) is 12.2 Å². The van der Waals surface area contributed by atoms with E-state index in [0.717, 1.165) is 10.2 Å². The summed E-state index contributed by atoms with van der Waals surface area (Å²) in [5, 5.41) is 0. The molecule has 0 aliphatic heterocycles. The molecule has 1 heterocycles. The maximum absolute atomic E-state index is 10.9. The van der Waals surface area contributed by atoms with E-state index in [2.05, 4.69) is 25.7 Å². The number of carbonyl (C=O) groups excluding carboxylic acids is 1. The van der Waals surface area contributed by atoms with Gasteiger partial charge in [-0.2, -0.15) is 0 Å². The highest BCUT2D eigenvalue weighted by Crippen LogP contribution is 2.15. The van der Waals surface area contributed by atoms with Crippen molar-refractivity contribution in [1.82, 2.24) is 4.98 Å². The zero-order chi connectivity index (χ0) is 10.6. The van der Waals surface area contributed by atoms with Crippen molar-refractivity contribution < 1.29 is 9.53 Å². The highest BCUT2D eigenvalue weighted by molar-refractivity contribution is 9.10. The molecule has 0 aromatic carbocycles. The van der Waals surface area contributed by atoms with Gasteiger partial charge in [0.15, 0.2) is 0 Å². The molecule has 0 saturated heterocycles. The molecule has 4 nitrogen and oxygen atoms in total. The van der Waals surface area contributed by atoms with E-state index in [1.165, 1.54) is 7.11 Å². The number of carbonyl (C=O) groups is 1. The molecular weight excluding hydrogens is 248 g/mol.